The number of hydrogen-bond acceptors (Lipinski definition) is 7. The summed E-state index contributed by atoms with van der Waals surface area (Å²) in [7, 11) is -3.45. The minimum Gasteiger partial charge on any atom is -0.379 e. The fraction of sp³-hybridized carbons (Fsp3) is 0.724. The zero-order chi connectivity index (χ0) is 29.6. The number of nitrogens with one attached hydrogen (secondary N) is 1. The number of piperazine rings is 1. The van der Waals surface area contributed by atoms with Crippen molar-refractivity contribution in [1.82, 2.24) is 23.7 Å². The number of hydrogen-bond donors (Lipinski definition) is 1. The number of carbonyl (C=O) groups excluding carboxylic acids is 2. The minimum absolute atomic E-state index is 0.154. The fourth-order valence-corrected chi connectivity index (χ4v) is 9.43. The molecule has 6 rings (SSSR count). The number of carbonyl (C=O) groups is 2. The molecule has 3 atom stereocenters. The van der Waals surface area contributed by atoms with Crippen molar-refractivity contribution < 1.29 is 22.7 Å². The van der Waals surface area contributed by atoms with Gasteiger partial charge in [0.2, 0.25) is 11.8 Å². The molecule has 42 heavy (non-hydrogen) atoms. The number of ether oxygens (including phenoxy) is 1. The predicted molar refractivity (Wildman–Crippen MR) is 161 cm³/mol. The molecule has 0 bridgehead atoms. The van der Waals surface area contributed by atoms with Crippen molar-refractivity contribution in [3.05, 3.63) is 33.8 Å². The molecule has 5 fully saturated rings. The number of likely N-dealkylation sites (tertiary alicyclic amines) is 1. The Morgan fingerprint density at radius 2 is 1.67 bits per heavy atom. The van der Waals surface area contributed by atoms with Gasteiger partial charge in [-0.05, 0) is 55.3 Å². The van der Waals surface area contributed by atoms with E-state index >= 15 is 0 Å². The highest BCUT2D eigenvalue weighted by Crippen LogP contribution is 2.52. The number of piperidine rings is 1. The molecule has 0 aromatic heterocycles. The lowest BCUT2D eigenvalue weighted by Crippen LogP contribution is -2.65. The predicted octanol–water partition coefficient (Wildman–Crippen LogP) is 2.21. The number of nitrogens with zero attached hydrogens (tertiary/aromatic N) is 4. The van der Waals surface area contributed by atoms with Crippen molar-refractivity contribution in [3.8, 4) is 0 Å². The van der Waals surface area contributed by atoms with E-state index in [1.54, 1.807) is 10.4 Å². The second-order valence-electron chi connectivity index (χ2n) is 12.7. The lowest BCUT2D eigenvalue weighted by molar-refractivity contribution is -0.143. The lowest BCUT2D eigenvalue weighted by atomic mass is 9.59. The van der Waals surface area contributed by atoms with E-state index in [1.165, 1.54) is 4.31 Å². The molecule has 13 heteroatoms. The fourth-order valence-electron chi connectivity index (χ4n) is 7.57. The number of benzene rings is 1. The summed E-state index contributed by atoms with van der Waals surface area (Å²) in [5, 5.41) is 3.52. The lowest BCUT2D eigenvalue weighted by Gasteiger charge is -2.51. The van der Waals surface area contributed by atoms with Crippen LogP contribution in [0.5, 0.6) is 0 Å². The van der Waals surface area contributed by atoms with E-state index in [4.69, 9.17) is 27.9 Å². The van der Waals surface area contributed by atoms with Gasteiger partial charge in [-0.25, -0.2) is 0 Å². The van der Waals surface area contributed by atoms with E-state index in [0.717, 1.165) is 38.0 Å². The first kappa shape index (κ1) is 30.7. The van der Waals surface area contributed by atoms with E-state index in [1.807, 2.05) is 12.1 Å². The molecule has 4 aliphatic heterocycles. The van der Waals surface area contributed by atoms with Gasteiger partial charge in [0.1, 0.15) is 0 Å². The number of rotatable bonds is 9. The molecular formula is C29H41Cl2N5O5S. The second-order valence-corrected chi connectivity index (χ2v) is 15.4. The summed E-state index contributed by atoms with van der Waals surface area (Å²) in [4.78, 5) is 31.1. The first-order valence-corrected chi connectivity index (χ1v) is 17.3. The van der Waals surface area contributed by atoms with Gasteiger partial charge in [0.05, 0.1) is 29.2 Å². The van der Waals surface area contributed by atoms with E-state index in [9.17, 15) is 18.0 Å². The molecule has 4 heterocycles. The Bertz CT molecular complexity index is 1290. The summed E-state index contributed by atoms with van der Waals surface area (Å²) < 4.78 is 34.6. The molecule has 1 aliphatic carbocycles. The smallest absolute Gasteiger partial charge is 0.282 e. The second kappa shape index (κ2) is 12.2. The molecule has 2 unspecified atom stereocenters. The van der Waals surface area contributed by atoms with E-state index in [2.05, 4.69) is 22.0 Å². The zero-order valence-corrected chi connectivity index (χ0v) is 26.5. The Morgan fingerprint density at radius 3 is 2.31 bits per heavy atom. The number of morpholine rings is 1. The highest BCUT2D eigenvalue weighted by molar-refractivity contribution is 7.86. The molecule has 1 saturated carbocycles. The third kappa shape index (κ3) is 6.00. The van der Waals surface area contributed by atoms with Crippen molar-refractivity contribution in [3.63, 3.8) is 0 Å². The van der Waals surface area contributed by atoms with Crippen LogP contribution in [0.2, 0.25) is 10.0 Å². The van der Waals surface area contributed by atoms with Gasteiger partial charge >= 0.3 is 0 Å². The molecule has 5 aliphatic rings. The van der Waals surface area contributed by atoms with E-state index < -0.39 is 15.6 Å². The summed E-state index contributed by atoms with van der Waals surface area (Å²) in [5.41, 5.74) is 0.257. The van der Waals surface area contributed by atoms with Crippen LogP contribution in [0.3, 0.4) is 0 Å². The van der Waals surface area contributed by atoms with Crippen molar-refractivity contribution in [2.45, 2.75) is 44.1 Å². The van der Waals surface area contributed by atoms with Gasteiger partial charge < -0.3 is 9.64 Å². The normalized spacial score (nSPS) is 30.2. The average molecular weight is 643 g/mol. The summed E-state index contributed by atoms with van der Waals surface area (Å²) in [6.07, 6.45) is 3.15. The Kier molecular flexibility index (Phi) is 8.94. The molecule has 1 aromatic carbocycles. The maximum atomic E-state index is 13.4. The van der Waals surface area contributed by atoms with Crippen LogP contribution in [0.1, 0.15) is 38.2 Å². The monoisotopic (exact) mass is 641 g/mol. The zero-order valence-electron chi connectivity index (χ0n) is 24.1. The van der Waals surface area contributed by atoms with Gasteiger partial charge in [-0.15, -0.1) is 0 Å². The molecule has 0 spiro atoms. The van der Waals surface area contributed by atoms with Crippen LogP contribution < -0.4 is 5.32 Å². The van der Waals surface area contributed by atoms with Crippen molar-refractivity contribution >= 4 is 45.2 Å². The molecule has 10 nitrogen and oxygen atoms in total. The van der Waals surface area contributed by atoms with E-state index in [-0.39, 0.29) is 30.1 Å². The van der Waals surface area contributed by atoms with Crippen molar-refractivity contribution in [1.29, 1.82) is 0 Å². The highest BCUT2D eigenvalue weighted by atomic mass is 35.5. The van der Waals surface area contributed by atoms with Crippen LogP contribution in [-0.4, -0.2) is 117 Å². The average Bonchev–Trinajstić information content (AvgIpc) is 3.80. The van der Waals surface area contributed by atoms with E-state index in [0.29, 0.717) is 80.9 Å². The highest BCUT2D eigenvalue weighted by Gasteiger charge is 2.54. The van der Waals surface area contributed by atoms with Gasteiger partial charge in [0.25, 0.3) is 10.2 Å². The number of amides is 2. The third-order valence-corrected chi connectivity index (χ3v) is 13.0. The van der Waals surface area contributed by atoms with Crippen LogP contribution in [0.15, 0.2) is 18.2 Å². The quantitative estimate of drug-likeness (QED) is 0.413. The largest absolute Gasteiger partial charge is 0.379 e. The van der Waals surface area contributed by atoms with Crippen molar-refractivity contribution in [2.24, 2.45) is 17.8 Å². The summed E-state index contributed by atoms with van der Waals surface area (Å²) in [6, 6.07) is 5.94. The molecule has 4 saturated heterocycles. The van der Waals surface area contributed by atoms with Crippen LogP contribution in [0.25, 0.3) is 0 Å². The number of halogens is 2. The summed E-state index contributed by atoms with van der Waals surface area (Å²) >= 11 is 12.7. The molecule has 2 amide bonds. The Morgan fingerprint density at radius 1 is 1.00 bits per heavy atom. The van der Waals surface area contributed by atoms with Crippen LogP contribution in [0.4, 0.5) is 0 Å². The minimum atomic E-state index is -3.45. The summed E-state index contributed by atoms with van der Waals surface area (Å²) in [5.74, 6) is -0.0877. The SMILES string of the molecule is CC(C1CC1)C1C(=O)NC(=O)C[C@]1(CCN1CC(N2CCN(S(=O)(=O)N3CCOCC3)CC2)C1)c1ccc(Cl)c(Cl)c1. The number of imide groups is 1. The van der Waals surface area contributed by atoms with Crippen molar-refractivity contribution in [2.75, 3.05) is 72.1 Å². The molecule has 0 radical (unpaired) electrons. The maximum absolute atomic E-state index is 13.4. The molecule has 1 aromatic rings. The standard InChI is InChI=1S/C29H41Cl2N5O5S/c1-20(21-2-3-21)27-28(38)32-26(37)17-29(27,22-4-5-24(30)25(31)16-22)6-7-33-18-23(19-33)34-8-10-35(11-9-34)42(39,40)36-12-14-41-15-13-36/h4-5,16,20-21,23,27H,2-3,6-15,17-19H2,1H3,(H,32,37,38)/t20?,27?,29-/m1/s1. The molecule has 1 N–H and O–H groups in total. The first-order chi connectivity index (χ1) is 20.1. The van der Waals surface area contributed by atoms with Crippen LogP contribution in [0, 0.1) is 17.8 Å². The van der Waals surface area contributed by atoms with Crippen LogP contribution in [-0.2, 0) is 30.0 Å². The molecular weight excluding hydrogens is 601 g/mol. The van der Waals surface area contributed by atoms with Gasteiger partial charge in [0.15, 0.2) is 0 Å². The third-order valence-electron chi connectivity index (χ3n) is 10.2. The summed E-state index contributed by atoms with van der Waals surface area (Å²) in [6.45, 7) is 8.82. The Labute approximate surface area is 258 Å². The Hall–Kier alpha value is -1.31. The Balaban J connectivity index is 1.10. The molecule has 232 valence electrons. The van der Waals surface area contributed by atoms with Crippen LogP contribution >= 0.6 is 23.2 Å². The van der Waals surface area contributed by atoms with Gasteiger partial charge in [-0.2, -0.15) is 17.0 Å². The maximum Gasteiger partial charge on any atom is 0.282 e. The van der Waals surface area contributed by atoms with Gasteiger partial charge in [-0.1, -0.05) is 36.2 Å². The van der Waals surface area contributed by atoms with Gasteiger partial charge in [-0.3, -0.25) is 19.8 Å². The first-order valence-electron chi connectivity index (χ1n) is 15.2. The topological polar surface area (TPSA) is 102 Å². The van der Waals surface area contributed by atoms with Gasteiger partial charge in [0, 0.05) is 70.2 Å².